The van der Waals surface area contributed by atoms with Crippen LogP contribution in [0.1, 0.15) is 32.1 Å². The minimum absolute atomic E-state index is 0.0521. The van der Waals surface area contributed by atoms with Crippen LogP contribution >= 0.6 is 0 Å². The topological polar surface area (TPSA) is 70.8 Å². The minimum Gasteiger partial charge on any atom is -0.492 e. The zero-order valence-electron chi connectivity index (χ0n) is 16.4. The number of likely N-dealkylation sites (N-methyl/N-ethyl adjacent to an activating group) is 1. The van der Waals surface area contributed by atoms with Gasteiger partial charge in [-0.1, -0.05) is 6.42 Å². The van der Waals surface area contributed by atoms with Gasteiger partial charge in [-0.05, 0) is 62.4 Å². The monoisotopic (exact) mass is 372 g/mol. The van der Waals surface area contributed by atoms with Crippen LogP contribution in [0.25, 0.3) is 0 Å². The highest BCUT2D eigenvalue weighted by Crippen LogP contribution is 2.59. The number of rotatable bonds is 6. The second kappa shape index (κ2) is 7.41. The molecule has 1 saturated heterocycles. The Balaban J connectivity index is 1.20. The number of carbonyl (C=O) groups excluding carboxylic acids is 1. The normalized spacial score (nSPS) is 24.1. The van der Waals surface area contributed by atoms with Gasteiger partial charge < -0.3 is 20.7 Å². The molecule has 0 unspecified atom stereocenters. The van der Waals surface area contributed by atoms with Gasteiger partial charge in [0.2, 0.25) is 5.91 Å². The van der Waals surface area contributed by atoms with E-state index >= 15 is 0 Å². The number of ether oxygens (including phenoxy) is 1. The fourth-order valence-corrected chi connectivity index (χ4v) is 4.73. The summed E-state index contributed by atoms with van der Waals surface area (Å²) in [7, 11) is 2.16. The number of nitrogens with two attached hydrogens (primary N) is 1. The maximum atomic E-state index is 12.5. The van der Waals surface area contributed by atoms with Gasteiger partial charge >= 0.3 is 0 Å². The Morgan fingerprint density at radius 1 is 1.15 bits per heavy atom. The molecule has 1 heterocycles. The Kier molecular flexibility index (Phi) is 5.14. The zero-order valence-corrected chi connectivity index (χ0v) is 16.4. The van der Waals surface area contributed by atoms with E-state index < -0.39 is 5.54 Å². The van der Waals surface area contributed by atoms with Crippen LogP contribution in [0.2, 0.25) is 0 Å². The maximum absolute atomic E-state index is 12.5. The average Bonchev–Trinajstić information content (AvgIpc) is 2.60. The van der Waals surface area contributed by atoms with E-state index in [9.17, 15) is 4.79 Å². The van der Waals surface area contributed by atoms with Crippen molar-refractivity contribution in [2.24, 2.45) is 11.1 Å². The largest absolute Gasteiger partial charge is 0.492 e. The lowest BCUT2D eigenvalue weighted by Crippen LogP contribution is -2.66. The van der Waals surface area contributed by atoms with Gasteiger partial charge in [0, 0.05) is 38.4 Å². The molecule has 1 aromatic rings. The standard InChI is InChI=1S/C21H32N4O2/c1-24-9-11-25(12-10-24)13-14-27-18-5-3-17(4-6-18)23-19(26)21(22)15-20(16-21)7-2-8-20/h3-6H,2,7-16,22H2,1H3,(H,23,26). The fourth-order valence-electron chi connectivity index (χ4n) is 4.73. The molecule has 0 aromatic heterocycles. The van der Waals surface area contributed by atoms with Gasteiger partial charge in [-0.2, -0.15) is 0 Å². The van der Waals surface area contributed by atoms with E-state index in [-0.39, 0.29) is 5.91 Å². The smallest absolute Gasteiger partial charge is 0.244 e. The summed E-state index contributed by atoms with van der Waals surface area (Å²) in [6, 6.07) is 7.61. The SMILES string of the molecule is CN1CCN(CCOc2ccc(NC(=O)C3(N)CC4(CCC4)C3)cc2)CC1. The van der Waals surface area contributed by atoms with Crippen molar-refractivity contribution in [1.29, 1.82) is 0 Å². The highest BCUT2D eigenvalue weighted by atomic mass is 16.5. The molecular formula is C21H32N4O2. The predicted molar refractivity (Wildman–Crippen MR) is 107 cm³/mol. The number of piperazine rings is 1. The van der Waals surface area contributed by atoms with Crippen LogP contribution in [0.4, 0.5) is 5.69 Å². The number of benzene rings is 1. The number of hydrogen-bond donors (Lipinski definition) is 2. The Hall–Kier alpha value is -1.63. The number of hydrogen-bond acceptors (Lipinski definition) is 5. The fraction of sp³-hybridized carbons (Fsp3) is 0.667. The lowest BCUT2D eigenvalue weighted by atomic mass is 9.48. The number of carbonyl (C=O) groups is 1. The Morgan fingerprint density at radius 2 is 1.81 bits per heavy atom. The second-order valence-electron chi connectivity index (χ2n) is 8.84. The summed E-state index contributed by atoms with van der Waals surface area (Å²) >= 11 is 0. The molecule has 6 nitrogen and oxygen atoms in total. The van der Waals surface area contributed by atoms with Crippen molar-refractivity contribution in [3.8, 4) is 5.75 Å². The molecule has 2 saturated carbocycles. The Morgan fingerprint density at radius 3 is 2.41 bits per heavy atom. The van der Waals surface area contributed by atoms with E-state index in [2.05, 4.69) is 22.2 Å². The van der Waals surface area contributed by atoms with Crippen molar-refractivity contribution < 1.29 is 9.53 Å². The van der Waals surface area contributed by atoms with E-state index in [1.54, 1.807) is 0 Å². The third kappa shape index (κ3) is 4.13. The number of anilines is 1. The Labute approximate surface area is 162 Å². The number of nitrogens with zero attached hydrogens (tertiary/aromatic N) is 2. The molecule has 3 N–H and O–H groups in total. The van der Waals surface area contributed by atoms with Crippen molar-refractivity contribution in [2.75, 3.05) is 51.7 Å². The van der Waals surface area contributed by atoms with Crippen molar-refractivity contribution in [1.82, 2.24) is 9.80 Å². The van der Waals surface area contributed by atoms with Crippen molar-refractivity contribution in [3.63, 3.8) is 0 Å². The van der Waals surface area contributed by atoms with E-state index in [1.165, 1.54) is 19.3 Å². The molecule has 2 aliphatic carbocycles. The lowest BCUT2D eigenvalue weighted by Gasteiger charge is -2.58. The first-order valence-corrected chi connectivity index (χ1v) is 10.2. The molecule has 4 rings (SSSR count). The van der Waals surface area contributed by atoms with Crippen LogP contribution < -0.4 is 15.8 Å². The molecule has 1 aromatic carbocycles. The predicted octanol–water partition coefficient (Wildman–Crippen LogP) is 1.91. The summed E-state index contributed by atoms with van der Waals surface area (Å²) in [4.78, 5) is 17.3. The molecule has 1 amide bonds. The summed E-state index contributed by atoms with van der Waals surface area (Å²) < 4.78 is 5.85. The summed E-state index contributed by atoms with van der Waals surface area (Å²) in [5.74, 6) is 0.783. The maximum Gasteiger partial charge on any atom is 0.244 e. The highest BCUT2D eigenvalue weighted by Gasteiger charge is 2.58. The molecular weight excluding hydrogens is 340 g/mol. The average molecular weight is 373 g/mol. The third-order valence-corrected chi connectivity index (χ3v) is 6.63. The summed E-state index contributed by atoms with van der Waals surface area (Å²) in [6.07, 6.45) is 5.42. The highest BCUT2D eigenvalue weighted by molar-refractivity contribution is 5.99. The van der Waals surface area contributed by atoms with Crippen molar-refractivity contribution >= 4 is 11.6 Å². The first-order chi connectivity index (χ1) is 13.0. The second-order valence-corrected chi connectivity index (χ2v) is 8.84. The van der Waals surface area contributed by atoms with Crippen LogP contribution in [-0.2, 0) is 4.79 Å². The van der Waals surface area contributed by atoms with E-state index in [1.807, 2.05) is 24.3 Å². The molecule has 0 radical (unpaired) electrons. The summed E-state index contributed by atoms with van der Waals surface area (Å²) in [5.41, 5.74) is 6.79. The molecule has 1 spiro atoms. The first kappa shape index (κ1) is 18.7. The number of amides is 1. The van der Waals surface area contributed by atoms with Crippen molar-refractivity contribution in [2.45, 2.75) is 37.6 Å². The zero-order chi connectivity index (χ0) is 18.9. The summed E-state index contributed by atoms with van der Waals surface area (Å²) in [5, 5.41) is 2.98. The van der Waals surface area contributed by atoms with Gasteiger partial charge in [-0.25, -0.2) is 0 Å². The summed E-state index contributed by atoms with van der Waals surface area (Å²) in [6.45, 7) is 6.09. The van der Waals surface area contributed by atoms with Gasteiger partial charge in [0.15, 0.2) is 0 Å². The molecule has 1 aliphatic heterocycles. The van der Waals surface area contributed by atoms with Gasteiger partial charge in [0.05, 0.1) is 5.54 Å². The quantitative estimate of drug-likeness (QED) is 0.798. The van der Waals surface area contributed by atoms with E-state index in [0.717, 1.165) is 57.0 Å². The molecule has 148 valence electrons. The van der Waals surface area contributed by atoms with Crippen LogP contribution in [0.15, 0.2) is 24.3 Å². The third-order valence-electron chi connectivity index (χ3n) is 6.63. The molecule has 0 bridgehead atoms. The molecule has 27 heavy (non-hydrogen) atoms. The number of nitrogens with one attached hydrogen (secondary N) is 1. The van der Waals surface area contributed by atoms with Crippen LogP contribution in [0, 0.1) is 5.41 Å². The minimum atomic E-state index is -0.682. The van der Waals surface area contributed by atoms with Gasteiger partial charge in [-0.3, -0.25) is 9.69 Å². The molecule has 0 atom stereocenters. The van der Waals surface area contributed by atoms with Crippen molar-refractivity contribution in [3.05, 3.63) is 24.3 Å². The van der Waals surface area contributed by atoms with E-state index in [0.29, 0.717) is 12.0 Å². The first-order valence-electron chi connectivity index (χ1n) is 10.2. The van der Waals surface area contributed by atoms with E-state index in [4.69, 9.17) is 10.5 Å². The van der Waals surface area contributed by atoms with Crippen LogP contribution in [-0.4, -0.2) is 67.6 Å². The lowest BCUT2D eigenvalue weighted by molar-refractivity contribution is -0.135. The Bertz CT molecular complexity index is 655. The van der Waals surface area contributed by atoms with Gasteiger partial charge in [-0.15, -0.1) is 0 Å². The van der Waals surface area contributed by atoms with Crippen LogP contribution in [0.3, 0.4) is 0 Å². The van der Waals surface area contributed by atoms with Gasteiger partial charge in [0.1, 0.15) is 12.4 Å². The molecule has 6 heteroatoms. The molecule has 3 fully saturated rings. The van der Waals surface area contributed by atoms with Gasteiger partial charge in [0.25, 0.3) is 0 Å². The molecule has 3 aliphatic rings. The van der Waals surface area contributed by atoms with Crippen LogP contribution in [0.5, 0.6) is 5.75 Å².